The molecule has 0 saturated carbocycles. The standard InChI is InChI=1S/C15H21F3N2O2/c1-2-21-14-4-3-13(22-15(16,17)18)7-12(14)10-20-9-11-5-6-19-8-11/h3-4,7,11,19-20H,2,5-6,8-10H2,1H3/t11-/m1/s1. The molecule has 0 radical (unpaired) electrons. The SMILES string of the molecule is CCOc1ccc(OC(F)(F)F)cc1CNC[C@@H]1CCNC1. The first-order valence-electron chi connectivity index (χ1n) is 7.41. The minimum atomic E-state index is -4.69. The molecule has 22 heavy (non-hydrogen) atoms. The maximum absolute atomic E-state index is 12.3. The largest absolute Gasteiger partial charge is 0.573 e. The fourth-order valence-corrected chi connectivity index (χ4v) is 2.49. The van der Waals surface area contributed by atoms with Crippen LogP contribution in [0.15, 0.2) is 18.2 Å². The molecule has 0 amide bonds. The zero-order valence-corrected chi connectivity index (χ0v) is 12.5. The fourth-order valence-electron chi connectivity index (χ4n) is 2.49. The van der Waals surface area contributed by atoms with E-state index in [0.717, 1.165) is 26.1 Å². The zero-order valence-electron chi connectivity index (χ0n) is 12.5. The van der Waals surface area contributed by atoms with Gasteiger partial charge in [-0.3, -0.25) is 0 Å². The van der Waals surface area contributed by atoms with Crippen LogP contribution in [0.25, 0.3) is 0 Å². The summed E-state index contributed by atoms with van der Waals surface area (Å²) in [5.41, 5.74) is 0.662. The van der Waals surface area contributed by atoms with Gasteiger partial charge in [0.2, 0.25) is 0 Å². The van der Waals surface area contributed by atoms with Gasteiger partial charge < -0.3 is 20.1 Å². The van der Waals surface area contributed by atoms with Gasteiger partial charge in [-0.2, -0.15) is 0 Å². The van der Waals surface area contributed by atoms with E-state index in [1.807, 2.05) is 6.92 Å². The Balaban J connectivity index is 1.99. The van der Waals surface area contributed by atoms with Crippen LogP contribution in [0.2, 0.25) is 0 Å². The first kappa shape index (κ1) is 16.9. The summed E-state index contributed by atoms with van der Waals surface area (Å²) in [5.74, 6) is 0.912. The highest BCUT2D eigenvalue weighted by Gasteiger charge is 2.31. The maximum atomic E-state index is 12.3. The van der Waals surface area contributed by atoms with Crippen LogP contribution in [-0.4, -0.2) is 32.6 Å². The third kappa shape index (κ3) is 5.38. The van der Waals surface area contributed by atoms with Crippen molar-refractivity contribution in [3.05, 3.63) is 23.8 Å². The van der Waals surface area contributed by atoms with Crippen molar-refractivity contribution >= 4 is 0 Å². The maximum Gasteiger partial charge on any atom is 0.573 e. The Labute approximate surface area is 128 Å². The summed E-state index contributed by atoms with van der Waals surface area (Å²) < 4.78 is 46.3. The molecule has 1 atom stereocenters. The van der Waals surface area contributed by atoms with Crippen molar-refractivity contribution in [1.29, 1.82) is 0 Å². The molecule has 1 aromatic carbocycles. The van der Waals surface area contributed by atoms with Crippen molar-refractivity contribution < 1.29 is 22.6 Å². The molecule has 1 aliphatic heterocycles. The molecule has 2 N–H and O–H groups in total. The molecule has 1 aromatic rings. The lowest BCUT2D eigenvalue weighted by Crippen LogP contribution is -2.24. The Kier molecular flexibility index (Phi) is 5.90. The fraction of sp³-hybridized carbons (Fsp3) is 0.600. The minimum absolute atomic E-state index is 0.227. The van der Waals surface area contributed by atoms with Crippen molar-refractivity contribution in [2.45, 2.75) is 26.3 Å². The number of hydrogen-bond donors (Lipinski definition) is 2. The van der Waals surface area contributed by atoms with Crippen LogP contribution >= 0.6 is 0 Å². The van der Waals surface area contributed by atoms with Crippen LogP contribution in [0.1, 0.15) is 18.9 Å². The van der Waals surface area contributed by atoms with Gasteiger partial charge in [0.15, 0.2) is 0 Å². The highest BCUT2D eigenvalue weighted by molar-refractivity contribution is 5.40. The molecule has 124 valence electrons. The molecular weight excluding hydrogens is 297 g/mol. The first-order valence-corrected chi connectivity index (χ1v) is 7.41. The number of rotatable bonds is 7. The summed E-state index contributed by atoms with van der Waals surface area (Å²) in [6.07, 6.45) is -3.57. The smallest absolute Gasteiger partial charge is 0.494 e. The highest BCUT2D eigenvalue weighted by Crippen LogP contribution is 2.28. The third-order valence-electron chi connectivity index (χ3n) is 3.48. The monoisotopic (exact) mass is 318 g/mol. The molecule has 0 spiro atoms. The molecule has 0 aromatic heterocycles. The lowest BCUT2D eigenvalue weighted by molar-refractivity contribution is -0.274. The second kappa shape index (κ2) is 7.69. The van der Waals surface area contributed by atoms with Crippen LogP contribution in [0, 0.1) is 5.92 Å². The second-order valence-electron chi connectivity index (χ2n) is 5.24. The van der Waals surface area contributed by atoms with Gasteiger partial charge >= 0.3 is 6.36 Å². The molecular formula is C15H21F3N2O2. The van der Waals surface area contributed by atoms with Crippen LogP contribution in [0.3, 0.4) is 0 Å². The molecule has 2 rings (SSSR count). The molecule has 1 heterocycles. The average molecular weight is 318 g/mol. The Hall–Kier alpha value is -1.47. The first-order chi connectivity index (χ1) is 10.5. The van der Waals surface area contributed by atoms with Gasteiger partial charge in [-0.25, -0.2) is 0 Å². The summed E-state index contributed by atoms with van der Waals surface area (Å²) in [6, 6.07) is 4.15. The van der Waals surface area contributed by atoms with Crippen LogP contribution in [0.5, 0.6) is 11.5 Å². The number of ether oxygens (including phenoxy) is 2. The summed E-state index contributed by atoms with van der Waals surface area (Å²) in [4.78, 5) is 0. The minimum Gasteiger partial charge on any atom is -0.494 e. The summed E-state index contributed by atoms with van der Waals surface area (Å²) >= 11 is 0. The van der Waals surface area contributed by atoms with Crippen LogP contribution in [0.4, 0.5) is 13.2 Å². The summed E-state index contributed by atoms with van der Waals surface area (Å²) in [7, 11) is 0. The Bertz CT molecular complexity index is 474. The molecule has 1 aliphatic rings. The van der Waals surface area contributed by atoms with Crippen molar-refractivity contribution in [3.63, 3.8) is 0 Å². The van der Waals surface area contributed by atoms with Gasteiger partial charge in [-0.15, -0.1) is 13.2 Å². The van der Waals surface area contributed by atoms with E-state index in [0.29, 0.717) is 30.4 Å². The van der Waals surface area contributed by atoms with E-state index in [1.165, 1.54) is 18.2 Å². The highest BCUT2D eigenvalue weighted by atomic mass is 19.4. The summed E-state index contributed by atoms with van der Waals surface area (Å²) in [6.45, 7) is 5.55. The van der Waals surface area contributed by atoms with Crippen molar-refractivity contribution in [2.24, 2.45) is 5.92 Å². The third-order valence-corrected chi connectivity index (χ3v) is 3.48. The Morgan fingerprint density at radius 1 is 1.36 bits per heavy atom. The van der Waals surface area contributed by atoms with Gasteiger partial charge in [0.05, 0.1) is 6.61 Å². The number of hydrogen-bond acceptors (Lipinski definition) is 4. The predicted octanol–water partition coefficient (Wildman–Crippen LogP) is 2.68. The Morgan fingerprint density at radius 2 is 2.18 bits per heavy atom. The molecule has 4 nitrogen and oxygen atoms in total. The van der Waals surface area contributed by atoms with E-state index in [1.54, 1.807) is 0 Å². The molecule has 0 aliphatic carbocycles. The van der Waals surface area contributed by atoms with E-state index < -0.39 is 6.36 Å². The van der Waals surface area contributed by atoms with Gasteiger partial charge in [0.25, 0.3) is 0 Å². The second-order valence-corrected chi connectivity index (χ2v) is 5.24. The molecule has 1 saturated heterocycles. The van der Waals surface area contributed by atoms with E-state index in [9.17, 15) is 13.2 Å². The number of benzene rings is 1. The van der Waals surface area contributed by atoms with Crippen LogP contribution < -0.4 is 20.1 Å². The Morgan fingerprint density at radius 3 is 2.82 bits per heavy atom. The molecule has 0 bridgehead atoms. The van der Waals surface area contributed by atoms with E-state index >= 15 is 0 Å². The number of halogens is 3. The number of nitrogens with one attached hydrogen (secondary N) is 2. The molecule has 7 heteroatoms. The topological polar surface area (TPSA) is 42.5 Å². The van der Waals surface area contributed by atoms with E-state index in [-0.39, 0.29) is 5.75 Å². The van der Waals surface area contributed by atoms with Gasteiger partial charge in [-0.1, -0.05) is 0 Å². The normalized spacial score (nSPS) is 18.5. The zero-order chi connectivity index (χ0) is 16.0. The van der Waals surface area contributed by atoms with Crippen molar-refractivity contribution in [1.82, 2.24) is 10.6 Å². The predicted molar refractivity (Wildman–Crippen MR) is 77.0 cm³/mol. The van der Waals surface area contributed by atoms with E-state index in [4.69, 9.17) is 4.74 Å². The van der Waals surface area contributed by atoms with Crippen molar-refractivity contribution in [3.8, 4) is 11.5 Å². The van der Waals surface area contributed by atoms with Crippen LogP contribution in [-0.2, 0) is 6.54 Å². The van der Waals surface area contributed by atoms with E-state index in [2.05, 4.69) is 15.4 Å². The lowest BCUT2D eigenvalue weighted by Gasteiger charge is -2.15. The summed E-state index contributed by atoms with van der Waals surface area (Å²) in [5, 5.41) is 6.55. The molecule has 0 unspecified atom stereocenters. The average Bonchev–Trinajstić information content (AvgIpc) is 2.93. The molecule has 1 fully saturated rings. The van der Waals surface area contributed by atoms with Gasteiger partial charge in [0.1, 0.15) is 11.5 Å². The quantitative estimate of drug-likeness (QED) is 0.811. The lowest BCUT2D eigenvalue weighted by atomic mass is 10.1. The van der Waals surface area contributed by atoms with Gasteiger partial charge in [-0.05, 0) is 57.1 Å². The van der Waals surface area contributed by atoms with Gasteiger partial charge in [0, 0.05) is 12.1 Å². The van der Waals surface area contributed by atoms with Crippen molar-refractivity contribution in [2.75, 3.05) is 26.2 Å². The number of alkyl halides is 3.